The third kappa shape index (κ3) is 8.21. The summed E-state index contributed by atoms with van der Waals surface area (Å²) in [5.41, 5.74) is -0.137. The minimum Gasteiger partial charge on any atom is -0.444 e. The van der Waals surface area contributed by atoms with E-state index in [1.165, 1.54) is 6.08 Å². The lowest BCUT2D eigenvalue weighted by Gasteiger charge is -2.26. The maximum absolute atomic E-state index is 12.0. The Morgan fingerprint density at radius 1 is 1.24 bits per heavy atom. The molecule has 25 heavy (non-hydrogen) atoms. The molecule has 2 N–H and O–H groups in total. The molecular formula is C18H25NO6. The topological polar surface area (TPSA) is 94.1 Å². The standard InChI is InChI=1S/C18H25NO6/c1-5-11-23-17(22)24-12-14(19-16(21)25-18(2,3)4)15(20)13-9-7-6-8-10-13/h5-10,14-15,20H,1,11-12H2,2-4H3,(H,19,21). The average molecular weight is 351 g/mol. The lowest BCUT2D eigenvalue weighted by atomic mass is 10.0. The van der Waals surface area contributed by atoms with E-state index in [4.69, 9.17) is 14.2 Å². The van der Waals surface area contributed by atoms with Gasteiger partial charge in [0.2, 0.25) is 0 Å². The Hall–Kier alpha value is -2.54. The summed E-state index contributed by atoms with van der Waals surface area (Å²) in [4.78, 5) is 23.5. The van der Waals surface area contributed by atoms with Crippen molar-refractivity contribution in [3.8, 4) is 0 Å². The molecule has 7 heteroatoms. The zero-order chi connectivity index (χ0) is 18.9. The largest absolute Gasteiger partial charge is 0.508 e. The second kappa shape index (κ2) is 9.68. The summed E-state index contributed by atoms with van der Waals surface area (Å²) in [5, 5.41) is 13.0. The number of ether oxygens (including phenoxy) is 3. The van der Waals surface area contributed by atoms with Crippen LogP contribution in [0.5, 0.6) is 0 Å². The summed E-state index contributed by atoms with van der Waals surface area (Å²) in [7, 11) is 0. The van der Waals surface area contributed by atoms with Gasteiger partial charge in [0.05, 0.1) is 6.04 Å². The molecule has 0 aliphatic rings. The molecule has 0 aliphatic heterocycles. The number of aliphatic hydroxyl groups is 1. The summed E-state index contributed by atoms with van der Waals surface area (Å²) in [5.74, 6) is 0. The van der Waals surface area contributed by atoms with Crippen molar-refractivity contribution < 1.29 is 28.9 Å². The quantitative estimate of drug-likeness (QED) is 0.579. The van der Waals surface area contributed by atoms with Gasteiger partial charge in [0.1, 0.15) is 24.9 Å². The summed E-state index contributed by atoms with van der Waals surface area (Å²) >= 11 is 0. The number of carbonyl (C=O) groups is 2. The molecule has 1 aromatic carbocycles. The number of rotatable bonds is 7. The average Bonchev–Trinajstić information content (AvgIpc) is 2.55. The van der Waals surface area contributed by atoms with E-state index in [2.05, 4.69) is 11.9 Å². The van der Waals surface area contributed by atoms with E-state index in [9.17, 15) is 14.7 Å². The molecule has 0 radical (unpaired) electrons. The molecule has 0 bridgehead atoms. The van der Waals surface area contributed by atoms with Gasteiger partial charge < -0.3 is 24.6 Å². The number of hydrogen-bond donors (Lipinski definition) is 2. The van der Waals surface area contributed by atoms with Gasteiger partial charge in [-0.3, -0.25) is 0 Å². The van der Waals surface area contributed by atoms with Gasteiger partial charge in [-0.1, -0.05) is 43.0 Å². The Labute approximate surface area is 147 Å². The van der Waals surface area contributed by atoms with Crippen molar-refractivity contribution in [1.29, 1.82) is 0 Å². The summed E-state index contributed by atoms with van der Waals surface area (Å²) in [6, 6.07) is 7.79. The zero-order valence-electron chi connectivity index (χ0n) is 14.7. The van der Waals surface area contributed by atoms with Crippen molar-refractivity contribution in [3.05, 3.63) is 48.6 Å². The van der Waals surface area contributed by atoms with E-state index in [1.54, 1.807) is 51.1 Å². The first-order chi connectivity index (χ1) is 11.7. The number of alkyl carbamates (subject to hydrolysis) is 1. The Bertz CT molecular complexity index is 567. The molecule has 138 valence electrons. The van der Waals surface area contributed by atoms with Crippen LogP contribution in [0.1, 0.15) is 32.4 Å². The Kier molecular flexibility index (Phi) is 7.94. The number of benzene rings is 1. The minimum absolute atomic E-state index is 0.00420. The van der Waals surface area contributed by atoms with Crippen molar-refractivity contribution in [2.24, 2.45) is 0 Å². The maximum Gasteiger partial charge on any atom is 0.508 e. The molecule has 1 rings (SSSR count). The molecular weight excluding hydrogens is 326 g/mol. The van der Waals surface area contributed by atoms with Gasteiger partial charge in [-0.05, 0) is 26.3 Å². The third-order valence-electron chi connectivity index (χ3n) is 2.92. The molecule has 0 heterocycles. The van der Waals surface area contributed by atoms with E-state index < -0.39 is 30.0 Å². The van der Waals surface area contributed by atoms with Crippen molar-refractivity contribution in [1.82, 2.24) is 5.32 Å². The van der Waals surface area contributed by atoms with E-state index >= 15 is 0 Å². The molecule has 1 amide bonds. The smallest absolute Gasteiger partial charge is 0.444 e. The Balaban J connectivity index is 2.77. The minimum atomic E-state index is -1.10. The summed E-state index contributed by atoms with van der Waals surface area (Å²) in [6.07, 6.45) is -1.34. The van der Waals surface area contributed by atoms with Crippen molar-refractivity contribution in [2.75, 3.05) is 13.2 Å². The van der Waals surface area contributed by atoms with E-state index in [1.807, 2.05) is 0 Å². The summed E-state index contributed by atoms with van der Waals surface area (Å²) in [6.45, 7) is 8.30. The first-order valence-corrected chi connectivity index (χ1v) is 7.86. The molecule has 1 aromatic rings. The van der Waals surface area contributed by atoms with Crippen molar-refractivity contribution in [2.45, 2.75) is 38.5 Å². The lowest BCUT2D eigenvalue weighted by Crippen LogP contribution is -2.45. The van der Waals surface area contributed by atoms with Crippen LogP contribution < -0.4 is 5.32 Å². The molecule has 2 atom stereocenters. The highest BCUT2D eigenvalue weighted by molar-refractivity contribution is 5.68. The van der Waals surface area contributed by atoms with Crippen LogP contribution >= 0.6 is 0 Å². The highest BCUT2D eigenvalue weighted by atomic mass is 16.7. The van der Waals surface area contributed by atoms with Crippen LogP contribution in [0, 0.1) is 0 Å². The molecule has 0 aromatic heterocycles. The second-order valence-electron chi connectivity index (χ2n) is 6.27. The fourth-order valence-electron chi connectivity index (χ4n) is 1.88. The molecule has 0 aliphatic carbocycles. The number of nitrogens with one attached hydrogen (secondary N) is 1. The highest BCUT2D eigenvalue weighted by Crippen LogP contribution is 2.18. The molecule has 0 saturated heterocycles. The number of amides is 1. The van der Waals surface area contributed by atoms with Gasteiger partial charge in [-0.2, -0.15) is 0 Å². The highest BCUT2D eigenvalue weighted by Gasteiger charge is 2.27. The molecule has 2 unspecified atom stereocenters. The SMILES string of the molecule is C=CCOC(=O)OCC(NC(=O)OC(C)(C)C)C(O)c1ccccc1. The van der Waals surface area contributed by atoms with Gasteiger partial charge in [-0.25, -0.2) is 9.59 Å². The van der Waals surface area contributed by atoms with Crippen LogP contribution in [0.3, 0.4) is 0 Å². The predicted octanol–water partition coefficient (Wildman–Crippen LogP) is 2.95. The monoisotopic (exact) mass is 351 g/mol. The molecule has 7 nitrogen and oxygen atoms in total. The van der Waals surface area contributed by atoms with Gasteiger partial charge in [0.25, 0.3) is 0 Å². The van der Waals surface area contributed by atoms with Crippen LogP contribution in [-0.4, -0.2) is 42.2 Å². The lowest BCUT2D eigenvalue weighted by molar-refractivity contribution is 0.0180. The number of carbonyl (C=O) groups excluding carboxylic acids is 2. The van der Waals surface area contributed by atoms with Crippen LogP contribution in [-0.2, 0) is 14.2 Å². The van der Waals surface area contributed by atoms with Gasteiger partial charge >= 0.3 is 12.2 Å². The van der Waals surface area contributed by atoms with Crippen LogP contribution in [0.15, 0.2) is 43.0 Å². The van der Waals surface area contributed by atoms with E-state index in [0.717, 1.165) is 0 Å². The number of aliphatic hydroxyl groups excluding tert-OH is 1. The Morgan fingerprint density at radius 2 is 1.88 bits per heavy atom. The zero-order valence-corrected chi connectivity index (χ0v) is 14.7. The van der Waals surface area contributed by atoms with Crippen LogP contribution in [0.4, 0.5) is 9.59 Å². The first-order valence-electron chi connectivity index (χ1n) is 7.86. The molecule has 0 spiro atoms. The third-order valence-corrected chi connectivity index (χ3v) is 2.92. The predicted molar refractivity (Wildman–Crippen MR) is 92.1 cm³/mol. The fourth-order valence-corrected chi connectivity index (χ4v) is 1.88. The van der Waals surface area contributed by atoms with E-state index in [0.29, 0.717) is 5.56 Å². The Morgan fingerprint density at radius 3 is 2.44 bits per heavy atom. The maximum atomic E-state index is 12.0. The first kappa shape index (κ1) is 20.5. The molecule has 0 saturated carbocycles. The molecule has 0 fully saturated rings. The van der Waals surface area contributed by atoms with E-state index in [-0.39, 0.29) is 13.2 Å². The second-order valence-corrected chi connectivity index (χ2v) is 6.27. The van der Waals surface area contributed by atoms with Crippen LogP contribution in [0.2, 0.25) is 0 Å². The normalized spacial score (nSPS) is 13.3. The van der Waals surface area contributed by atoms with Crippen LogP contribution in [0.25, 0.3) is 0 Å². The van der Waals surface area contributed by atoms with Gasteiger partial charge in [-0.15, -0.1) is 0 Å². The van der Waals surface area contributed by atoms with Crippen molar-refractivity contribution >= 4 is 12.2 Å². The number of hydrogen-bond acceptors (Lipinski definition) is 6. The van der Waals surface area contributed by atoms with Gasteiger partial charge in [0.15, 0.2) is 0 Å². The summed E-state index contributed by atoms with van der Waals surface area (Å²) < 4.78 is 14.8. The van der Waals surface area contributed by atoms with Gasteiger partial charge in [0, 0.05) is 0 Å². The van der Waals surface area contributed by atoms with Crippen molar-refractivity contribution in [3.63, 3.8) is 0 Å². The fraction of sp³-hybridized carbons (Fsp3) is 0.444.